The number of hydrogen-bond acceptors (Lipinski definition) is 5. The molecular weight excluding hydrogens is 358 g/mol. The number of aromatic nitrogens is 1. The third-order valence-electron chi connectivity index (χ3n) is 5.76. The van der Waals surface area contributed by atoms with Gasteiger partial charge < -0.3 is 10.1 Å². The number of nitrogens with one attached hydrogen (secondary N) is 1. The van der Waals surface area contributed by atoms with Crippen molar-refractivity contribution in [2.75, 3.05) is 20.2 Å². The summed E-state index contributed by atoms with van der Waals surface area (Å²) in [6, 6.07) is 12.3. The minimum Gasteiger partial charge on any atom is -0.495 e. The lowest BCUT2D eigenvalue weighted by atomic mass is 9.79. The highest BCUT2D eigenvalue weighted by atomic mass is 32.2. The SMILES string of the molecule is COc1ccc(Sc2ccc(C(=O)N[C@@H]3C4CCN(CC4)[C@H]3C)cc2)nc1. The topological polar surface area (TPSA) is 54.5 Å². The number of ether oxygens (including phenoxy) is 1. The van der Waals surface area contributed by atoms with E-state index in [-0.39, 0.29) is 11.9 Å². The molecule has 0 unspecified atom stereocenters. The minimum atomic E-state index is 0.0275. The molecule has 2 bridgehead atoms. The van der Waals surface area contributed by atoms with Gasteiger partial charge >= 0.3 is 0 Å². The number of pyridine rings is 1. The van der Waals surface area contributed by atoms with Crippen LogP contribution in [0.15, 0.2) is 52.5 Å². The minimum absolute atomic E-state index is 0.0275. The predicted octanol–water partition coefficient (Wildman–Crippen LogP) is 3.45. The summed E-state index contributed by atoms with van der Waals surface area (Å²) in [6.07, 6.45) is 4.10. The molecule has 1 amide bonds. The molecule has 0 radical (unpaired) electrons. The highest BCUT2D eigenvalue weighted by Gasteiger charge is 2.40. The molecule has 1 aromatic carbocycles. The van der Waals surface area contributed by atoms with Gasteiger partial charge in [0.1, 0.15) is 10.8 Å². The molecule has 3 fully saturated rings. The van der Waals surface area contributed by atoms with Crippen molar-refractivity contribution in [2.45, 2.75) is 41.8 Å². The maximum Gasteiger partial charge on any atom is 0.251 e. The Labute approximate surface area is 164 Å². The van der Waals surface area contributed by atoms with E-state index in [1.165, 1.54) is 25.9 Å². The van der Waals surface area contributed by atoms with E-state index in [1.807, 2.05) is 36.4 Å². The van der Waals surface area contributed by atoms with Gasteiger partial charge in [-0.3, -0.25) is 9.69 Å². The average Bonchev–Trinajstić information content (AvgIpc) is 2.72. The number of nitrogens with zero attached hydrogens (tertiary/aromatic N) is 2. The fourth-order valence-electron chi connectivity index (χ4n) is 4.12. The van der Waals surface area contributed by atoms with Crippen molar-refractivity contribution in [3.05, 3.63) is 48.2 Å². The third kappa shape index (κ3) is 3.96. The lowest BCUT2D eigenvalue weighted by Crippen LogP contribution is -2.62. The van der Waals surface area contributed by atoms with Crippen LogP contribution in [0.25, 0.3) is 0 Å². The van der Waals surface area contributed by atoms with Gasteiger partial charge in [0.25, 0.3) is 5.91 Å². The summed E-state index contributed by atoms with van der Waals surface area (Å²) in [5.74, 6) is 1.39. The largest absolute Gasteiger partial charge is 0.495 e. The number of hydrogen-bond donors (Lipinski definition) is 1. The maximum atomic E-state index is 12.7. The molecule has 2 atom stereocenters. The number of fused-ring (bicyclic) bond motifs is 3. The molecular formula is C21H25N3O2S. The number of methoxy groups -OCH3 is 1. The first kappa shape index (κ1) is 18.3. The second-order valence-electron chi connectivity index (χ2n) is 7.28. The number of amides is 1. The van der Waals surface area contributed by atoms with Gasteiger partial charge in [-0.25, -0.2) is 4.98 Å². The van der Waals surface area contributed by atoms with Gasteiger partial charge in [-0.05, 0) is 75.2 Å². The summed E-state index contributed by atoms with van der Waals surface area (Å²) in [4.78, 5) is 20.6. The summed E-state index contributed by atoms with van der Waals surface area (Å²) in [5.41, 5.74) is 0.714. The highest BCUT2D eigenvalue weighted by Crippen LogP contribution is 2.32. The van der Waals surface area contributed by atoms with Crippen molar-refractivity contribution in [1.29, 1.82) is 0 Å². The van der Waals surface area contributed by atoms with Crippen LogP contribution in [0.3, 0.4) is 0 Å². The van der Waals surface area contributed by atoms with Crippen LogP contribution in [-0.2, 0) is 0 Å². The summed E-state index contributed by atoms with van der Waals surface area (Å²) in [7, 11) is 1.63. The fraction of sp³-hybridized carbons (Fsp3) is 0.429. The standard InChI is InChI=1S/C21H25N3O2S/c1-14-20(15-9-11-24(14)12-10-15)23-21(25)16-3-6-18(7-4-16)27-19-8-5-17(26-2)13-22-19/h3-8,13-15,20H,9-12H2,1-2H3,(H,23,25)/t14-,20-/m0/s1. The number of rotatable bonds is 5. The molecule has 3 aliphatic rings. The van der Waals surface area contributed by atoms with Gasteiger partial charge in [0, 0.05) is 22.5 Å². The first-order valence-electron chi connectivity index (χ1n) is 9.47. The van der Waals surface area contributed by atoms with E-state index >= 15 is 0 Å². The van der Waals surface area contributed by atoms with Gasteiger partial charge in [-0.15, -0.1) is 0 Å². The Bertz CT molecular complexity index is 784. The molecule has 0 spiro atoms. The van der Waals surface area contributed by atoms with Crippen molar-refractivity contribution in [1.82, 2.24) is 15.2 Å². The summed E-state index contributed by atoms with van der Waals surface area (Å²) >= 11 is 1.57. The average molecular weight is 384 g/mol. The quantitative estimate of drug-likeness (QED) is 0.857. The van der Waals surface area contributed by atoms with E-state index in [1.54, 1.807) is 25.1 Å². The van der Waals surface area contributed by atoms with Crippen molar-refractivity contribution in [3.8, 4) is 5.75 Å². The van der Waals surface area contributed by atoms with E-state index in [0.717, 1.165) is 15.7 Å². The molecule has 0 saturated carbocycles. The maximum absolute atomic E-state index is 12.7. The summed E-state index contributed by atoms with van der Waals surface area (Å²) < 4.78 is 5.13. The second-order valence-corrected chi connectivity index (χ2v) is 8.37. The van der Waals surface area contributed by atoms with Crippen LogP contribution >= 0.6 is 11.8 Å². The van der Waals surface area contributed by atoms with Gasteiger partial charge in [0.2, 0.25) is 0 Å². The van der Waals surface area contributed by atoms with E-state index in [2.05, 4.69) is 22.1 Å². The third-order valence-corrected chi connectivity index (χ3v) is 6.72. The molecule has 5 rings (SSSR count). The molecule has 6 heteroatoms. The summed E-state index contributed by atoms with van der Waals surface area (Å²) in [5, 5.41) is 4.18. The monoisotopic (exact) mass is 383 g/mol. The van der Waals surface area contributed by atoms with Gasteiger partial charge in [0.15, 0.2) is 0 Å². The molecule has 0 aliphatic carbocycles. The molecule has 4 heterocycles. The normalized spacial score (nSPS) is 26.6. The predicted molar refractivity (Wildman–Crippen MR) is 106 cm³/mol. The first-order valence-corrected chi connectivity index (χ1v) is 10.3. The van der Waals surface area contributed by atoms with Gasteiger partial charge in [-0.1, -0.05) is 11.8 Å². The number of benzene rings is 1. The van der Waals surface area contributed by atoms with Gasteiger partial charge in [0.05, 0.1) is 13.3 Å². The molecule has 5 nitrogen and oxygen atoms in total. The molecule has 3 saturated heterocycles. The van der Waals surface area contributed by atoms with Crippen molar-refractivity contribution in [2.24, 2.45) is 5.92 Å². The molecule has 1 N–H and O–H groups in total. The molecule has 2 aromatic rings. The highest BCUT2D eigenvalue weighted by molar-refractivity contribution is 7.99. The van der Waals surface area contributed by atoms with Gasteiger partial charge in [-0.2, -0.15) is 0 Å². The zero-order valence-electron chi connectivity index (χ0n) is 15.7. The Hall–Kier alpha value is -2.05. The Morgan fingerprint density at radius 2 is 1.93 bits per heavy atom. The molecule has 27 heavy (non-hydrogen) atoms. The number of piperidine rings is 3. The number of carbonyl (C=O) groups is 1. The van der Waals surface area contributed by atoms with Crippen LogP contribution in [0, 0.1) is 5.92 Å². The zero-order valence-corrected chi connectivity index (χ0v) is 16.5. The first-order chi connectivity index (χ1) is 13.1. The lowest BCUT2D eigenvalue weighted by Gasteiger charge is -2.49. The van der Waals surface area contributed by atoms with E-state index in [0.29, 0.717) is 17.5 Å². The van der Waals surface area contributed by atoms with Crippen LogP contribution in [0.5, 0.6) is 5.75 Å². The van der Waals surface area contributed by atoms with E-state index in [4.69, 9.17) is 4.74 Å². The second kappa shape index (κ2) is 7.90. The van der Waals surface area contributed by atoms with Crippen molar-refractivity contribution in [3.63, 3.8) is 0 Å². The van der Waals surface area contributed by atoms with Crippen molar-refractivity contribution >= 4 is 17.7 Å². The molecule has 3 aliphatic heterocycles. The van der Waals surface area contributed by atoms with Crippen LogP contribution in [0.1, 0.15) is 30.1 Å². The van der Waals surface area contributed by atoms with Crippen molar-refractivity contribution < 1.29 is 9.53 Å². The Kier molecular flexibility index (Phi) is 5.36. The Morgan fingerprint density at radius 3 is 2.52 bits per heavy atom. The number of carbonyl (C=O) groups excluding carboxylic acids is 1. The fourth-order valence-corrected chi connectivity index (χ4v) is 4.88. The molecule has 1 aromatic heterocycles. The molecule has 142 valence electrons. The van der Waals surface area contributed by atoms with E-state index < -0.39 is 0 Å². The van der Waals surface area contributed by atoms with Crippen LogP contribution in [0.4, 0.5) is 0 Å². The Morgan fingerprint density at radius 1 is 1.19 bits per heavy atom. The van der Waals surface area contributed by atoms with E-state index in [9.17, 15) is 4.79 Å². The zero-order chi connectivity index (χ0) is 18.8. The Balaban J connectivity index is 1.38. The summed E-state index contributed by atoms with van der Waals surface area (Å²) in [6.45, 7) is 4.57. The van der Waals surface area contributed by atoms with Crippen LogP contribution < -0.4 is 10.1 Å². The van der Waals surface area contributed by atoms with Crippen LogP contribution in [0.2, 0.25) is 0 Å². The smallest absolute Gasteiger partial charge is 0.251 e. The lowest BCUT2D eigenvalue weighted by molar-refractivity contribution is 0.0217. The van der Waals surface area contributed by atoms with Crippen LogP contribution in [-0.4, -0.2) is 48.1 Å².